The van der Waals surface area contributed by atoms with Gasteiger partial charge in [0.2, 0.25) is 0 Å². The molecule has 1 saturated heterocycles. The zero-order chi connectivity index (χ0) is 12.4. The SMILES string of the molecule is CC.CCCOC(=O)N1CCCC(C)CC1. The van der Waals surface area contributed by atoms with Gasteiger partial charge < -0.3 is 9.64 Å². The van der Waals surface area contributed by atoms with Crippen molar-refractivity contribution in [1.29, 1.82) is 0 Å². The lowest BCUT2D eigenvalue weighted by Gasteiger charge is -2.19. The molecule has 0 aliphatic carbocycles. The molecule has 1 heterocycles. The summed E-state index contributed by atoms with van der Waals surface area (Å²) in [5, 5.41) is 0. The number of hydrogen-bond donors (Lipinski definition) is 0. The van der Waals surface area contributed by atoms with Crippen LogP contribution in [0, 0.1) is 5.92 Å². The maximum absolute atomic E-state index is 11.5. The van der Waals surface area contributed by atoms with Crippen molar-refractivity contribution in [2.24, 2.45) is 5.92 Å². The van der Waals surface area contributed by atoms with Gasteiger partial charge in [0.1, 0.15) is 0 Å². The summed E-state index contributed by atoms with van der Waals surface area (Å²) in [7, 11) is 0. The highest BCUT2D eigenvalue weighted by Crippen LogP contribution is 2.16. The Morgan fingerprint density at radius 1 is 1.31 bits per heavy atom. The molecule has 0 bridgehead atoms. The van der Waals surface area contributed by atoms with Crippen LogP contribution in [0.2, 0.25) is 0 Å². The van der Waals surface area contributed by atoms with Crippen molar-refractivity contribution in [2.45, 2.75) is 53.4 Å². The van der Waals surface area contributed by atoms with Crippen LogP contribution in [-0.4, -0.2) is 30.7 Å². The minimum absolute atomic E-state index is 0.124. The Kier molecular flexibility index (Phi) is 9.06. The molecule has 0 radical (unpaired) electrons. The third-order valence-electron chi connectivity index (χ3n) is 2.70. The number of nitrogens with zero attached hydrogens (tertiary/aromatic N) is 1. The summed E-state index contributed by atoms with van der Waals surface area (Å²) in [5.41, 5.74) is 0. The van der Waals surface area contributed by atoms with E-state index in [1.54, 1.807) is 0 Å². The van der Waals surface area contributed by atoms with Gasteiger partial charge in [-0.2, -0.15) is 0 Å². The van der Waals surface area contributed by atoms with E-state index in [1.807, 2.05) is 25.7 Å². The molecular weight excluding hydrogens is 202 g/mol. The Hall–Kier alpha value is -0.730. The van der Waals surface area contributed by atoms with Crippen molar-refractivity contribution in [2.75, 3.05) is 19.7 Å². The predicted octanol–water partition coefficient (Wildman–Crippen LogP) is 3.68. The first kappa shape index (κ1) is 15.3. The molecule has 3 heteroatoms. The van der Waals surface area contributed by atoms with Gasteiger partial charge in [-0.1, -0.05) is 27.7 Å². The van der Waals surface area contributed by atoms with E-state index in [1.165, 1.54) is 6.42 Å². The average molecular weight is 229 g/mol. The van der Waals surface area contributed by atoms with Gasteiger partial charge in [0.05, 0.1) is 6.61 Å². The standard InChI is InChI=1S/C11H21NO2.C2H6/c1-3-9-14-11(13)12-7-4-5-10(2)6-8-12;1-2/h10H,3-9H2,1-2H3;1-2H3. The van der Waals surface area contributed by atoms with Crippen LogP contribution in [-0.2, 0) is 4.74 Å². The average Bonchev–Trinajstić information content (AvgIpc) is 2.53. The van der Waals surface area contributed by atoms with Crippen LogP contribution in [0.15, 0.2) is 0 Å². The van der Waals surface area contributed by atoms with Gasteiger partial charge in [0.25, 0.3) is 0 Å². The summed E-state index contributed by atoms with van der Waals surface area (Å²) in [6.07, 6.45) is 4.23. The fourth-order valence-electron chi connectivity index (χ4n) is 1.73. The van der Waals surface area contributed by atoms with Crippen molar-refractivity contribution in [1.82, 2.24) is 4.90 Å². The van der Waals surface area contributed by atoms with E-state index in [-0.39, 0.29) is 6.09 Å². The molecule has 96 valence electrons. The van der Waals surface area contributed by atoms with Crippen molar-refractivity contribution < 1.29 is 9.53 Å². The normalized spacial score (nSPS) is 20.5. The smallest absolute Gasteiger partial charge is 0.409 e. The topological polar surface area (TPSA) is 29.5 Å². The largest absolute Gasteiger partial charge is 0.449 e. The maximum atomic E-state index is 11.5. The first-order valence-corrected chi connectivity index (χ1v) is 6.65. The third kappa shape index (κ3) is 5.99. The Morgan fingerprint density at radius 2 is 2.00 bits per heavy atom. The van der Waals surface area contributed by atoms with Crippen LogP contribution in [0.1, 0.15) is 53.4 Å². The molecule has 1 aliphatic rings. The fraction of sp³-hybridized carbons (Fsp3) is 0.923. The number of ether oxygens (including phenoxy) is 1. The summed E-state index contributed by atoms with van der Waals surface area (Å²) in [4.78, 5) is 13.4. The highest BCUT2D eigenvalue weighted by molar-refractivity contribution is 5.67. The van der Waals surface area contributed by atoms with E-state index in [0.29, 0.717) is 6.61 Å². The van der Waals surface area contributed by atoms with Crippen LogP contribution in [0.25, 0.3) is 0 Å². The van der Waals surface area contributed by atoms with Crippen LogP contribution < -0.4 is 0 Å². The molecule has 1 amide bonds. The molecule has 1 rings (SSSR count). The molecule has 0 N–H and O–H groups in total. The van der Waals surface area contributed by atoms with E-state index in [2.05, 4.69) is 6.92 Å². The fourth-order valence-corrected chi connectivity index (χ4v) is 1.73. The molecule has 0 aromatic heterocycles. The molecule has 1 unspecified atom stereocenters. The second-order valence-corrected chi connectivity index (χ2v) is 4.14. The molecule has 1 fully saturated rings. The van der Waals surface area contributed by atoms with Gasteiger partial charge in [-0.3, -0.25) is 0 Å². The quantitative estimate of drug-likeness (QED) is 0.723. The molecule has 0 saturated carbocycles. The number of likely N-dealkylation sites (tertiary alicyclic amines) is 1. The number of carbonyl (C=O) groups excluding carboxylic acids is 1. The zero-order valence-corrected chi connectivity index (χ0v) is 11.3. The Bertz CT molecular complexity index is 183. The monoisotopic (exact) mass is 229 g/mol. The second-order valence-electron chi connectivity index (χ2n) is 4.14. The van der Waals surface area contributed by atoms with Crippen LogP contribution in [0.4, 0.5) is 4.79 Å². The van der Waals surface area contributed by atoms with E-state index in [0.717, 1.165) is 38.3 Å². The lowest BCUT2D eigenvalue weighted by atomic mass is 10.0. The summed E-state index contributed by atoms with van der Waals surface area (Å²) in [6.45, 7) is 10.5. The van der Waals surface area contributed by atoms with Crippen molar-refractivity contribution in [3.05, 3.63) is 0 Å². The number of amides is 1. The first-order valence-electron chi connectivity index (χ1n) is 6.65. The zero-order valence-electron chi connectivity index (χ0n) is 11.3. The van der Waals surface area contributed by atoms with Gasteiger partial charge in [-0.15, -0.1) is 0 Å². The van der Waals surface area contributed by atoms with Crippen molar-refractivity contribution >= 4 is 6.09 Å². The minimum atomic E-state index is -0.124. The molecule has 0 aromatic carbocycles. The number of carbonyl (C=O) groups is 1. The van der Waals surface area contributed by atoms with Crippen LogP contribution >= 0.6 is 0 Å². The summed E-state index contributed by atoms with van der Waals surface area (Å²) >= 11 is 0. The molecule has 1 aliphatic heterocycles. The lowest BCUT2D eigenvalue weighted by molar-refractivity contribution is 0.103. The van der Waals surface area contributed by atoms with Crippen molar-refractivity contribution in [3.8, 4) is 0 Å². The number of rotatable bonds is 2. The molecule has 0 spiro atoms. The van der Waals surface area contributed by atoms with Crippen LogP contribution in [0.3, 0.4) is 0 Å². The van der Waals surface area contributed by atoms with E-state index in [9.17, 15) is 4.79 Å². The van der Waals surface area contributed by atoms with E-state index < -0.39 is 0 Å². The first-order chi connectivity index (χ1) is 7.74. The van der Waals surface area contributed by atoms with Gasteiger partial charge in [-0.25, -0.2) is 4.79 Å². The summed E-state index contributed by atoms with van der Waals surface area (Å²) in [5.74, 6) is 0.749. The molecule has 1 atom stereocenters. The van der Waals surface area contributed by atoms with Crippen molar-refractivity contribution in [3.63, 3.8) is 0 Å². The van der Waals surface area contributed by atoms with E-state index in [4.69, 9.17) is 4.74 Å². The predicted molar refractivity (Wildman–Crippen MR) is 67.6 cm³/mol. The third-order valence-corrected chi connectivity index (χ3v) is 2.70. The summed E-state index contributed by atoms with van der Waals surface area (Å²) < 4.78 is 5.11. The molecule has 3 nitrogen and oxygen atoms in total. The van der Waals surface area contributed by atoms with Crippen LogP contribution in [0.5, 0.6) is 0 Å². The molecular formula is C13H27NO2. The second kappa shape index (κ2) is 9.49. The Morgan fingerprint density at radius 3 is 2.62 bits per heavy atom. The Balaban J connectivity index is 0.00000106. The molecule has 0 aromatic rings. The van der Waals surface area contributed by atoms with Gasteiger partial charge in [0.15, 0.2) is 0 Å². The number of hydrogen-bond acceptors (Lipinski definition) is 2. The van der Waals surface area contributed by atoms with Gasteiger partial charge in [-0.05, 0) is 31.6 Å². The summed E-state index contributed by atoms with van der Waals surface area (Å²) in [6, 6.07) is 0. The highest BCUT2D eigenvalue weighted by atomic mass is 16.6. The highest BCUT2D eigenvalue weighted by Gasteiger charge is 2.18. The van der Waals surface area contributed by atoms with Gasteiger partial charge >= 0.3 is 6.09 Å². The van der Waals surface area contributed by atoms with E-state index >= 15 is 0 Å². The van der Waals surface area contributed by atoms with Gasteiger partial charge in [0, 0.05) is 13.1 Å². The molecule has 16 heavy (non-hydrogen) atoms. The minimum Gasteiger partial charge on any atom is -0.449 e. The maximum Gasteiger partial charge on any atom is 0.409 e. The lowest BCUT2D eigenvalue weighted by Crippen LogP contribution is -2.32. The Labute approximate surface area is 100 Å².